The fourth-order valence-corrected chi connectivity index (χ4v) is 3.60. The highest BCUT2D eigenvalue weighted by Gasteiger charge is 2.23. The molecule has 1 aliphatic heterocycles. The first kappa shape index (κ1) is 17.0. The van der Waals surface area contributed by atoms with Crippen molar-refractivity contribution in [3.63, 3.8) is 0 Å². The summed E-state index contributed by atoms with van der Waals surface area (Å²) in [6.45, 7) is 4.55. The van der Waals surface area contributed by atoms with Crippen molar-refractivity contribution in [1.29, 1.82) is 0 Å². The van der Waals surface area contributed by atoms with Crippen LogP contribution in [-0.4, -0.2) is 49.0 Å². The third-order valence-electron chi connectivity index (χ3n) is 5.11. The van der Waals surface area contributed by atoms with E-state index < -0.39 is 0 Å². The van der Waals surface area contributed by atoms with Crippen molar-refractivity contribution in [2.75, 3.05) is 33.3 Å². The van der Waals surface area contributed by atoms with Crippen LogP contribution in [0.2, 0.25) is 0 Å². The van der Waals surface area contributed by atoms with Crippen LogP contribution in [0.5, 0.6) is 5.75 Å². The molecule has 24 heavy (non-hydrogen) atoms. The van der Waals surface area contributed by atoms with Gasteiger partial charge >= 0.3 is 0 Å². The van der Waals surface area contributed by atoms with Crippen LogP contribution < -0.4 is 4.74 Å². The van der Waals surface area contributed by atoms with Crippen molar-refractivity contribution in [1.82, 2.24) is 9.80 Å². The summed E-state index contributed by atoms with van der Waals surface area (Å²) in [5.74, 6) is 1.89. The molecule has 4 nitrogen and oxygen atoms in total. The Labute approximate surface area is 145 Å². The molecule has 0 aromatic heterocycles. The number of carbonyl (C=O) groups is 1. The number of amides is 1. The second-order valence-electron chi connectivity index (χ2n) is 6.86. The summed E-state index contributed by atoms with van der Waals surface area (Å²) >= 11 is 0. The minimum atomic E-state index is 0.275. The lowest BCUT2D eigenvalue weighted by atomic mass is 9.94. The van der Waals surface area contributed by atoms with Crippen LogP contribution >= 0.6 is 0 Å². The fourth-order valence-electron chi connectivity index (χ4n) is 3.60. The van der Waals surface area contributed by atoms with E-state index >= 15 is 0 Å². The molecule has 0 unspecified atom stereocenters. The average molecular weight is 328 g/mol. The first-order valence-corrected chi connectivity index (χ1v) is 9.02. The molecule has 1 atom stereocenters. The van der Waals surface area contributed by atoms with Gasteiger partial charge in [-0.15, -0.1) is 0 Å². The predicted octanol–water partition coefficient (Wildman–Crippen LogP) is 3.09. The van der Waals surface area contributed by atoms with Gasteiger partial charge in [0.15, 0.2) is 0 Å². The Morgan fingerprint density at radius 3 is 2.67 bits per heavy atom. The zero-order valence-corrected chi connectivity index (χ0v) is 14.6. The maximum absolute atomic E-state index is 12.4. The summed E-state index contributed by atoms with van der Waals surface area (Å²) in [5.41, 5.74) is 1.16. The van der Waals surface area contributed by atoms with E-state index in [1.807, 2.05) is 29.2 Å². The number of allylic oxidation sites excluding steroid dienone is 2. The number of hydrogen-bond acceptors (Lipinski definition) is 3. The summed E-state index contributed by atoms with van der Waals surface area (Å²) in [4.78, 5) is 16.9. The van der Waals surface area contributed by atoms with Crippen LogP contribution in [0.15, 0.2) is 36.4 Å². The lowest BCUT2D eigenvalue weighted by Gasteiger charge is -2.27. The maximum atomic E-state index is 12.4. The van der Waals surface area contributed by atoms with E-state index in [2.05, 4.69) is 17.1 Å². The first-order chi connectivity index (χ1) is 11.7. The Kier molecular flexibility index (Phi) is 5.91. The average Bonchev–Trinajstić information content (AvgIpc) is 2.79. The maximum Gasteiger partial charge on any atom is 0.224 e. The molecule has 3 rings (SSSR count). The van der Waals surface area contributed by atoms with Gasteiger partial charge in [-0.05, 0) is 42.9 Å². The highest BCUT2D eigenvalue weighted by Crippen LogP contribution is 2.20. The summed E-state index contributed by atoms with van der Waals surface area (Å²) in [6.07, 6.45) is 8.93. The number of methoxy groups -OCH3 is 1. The molecule has 1 aromatic rings. The molecule has 1 heterocycles. The van der Waals surface area contributed by atoms with E-state index in [0.29, 0.717) is 13.0 Å². The van der Waals surface area contributed by atoms with Gasteiger partial charge in [-0.1, -0.05) is 24.3 Å². The van der Waals surface area contributed by atoms with Gasteiger partial charge in [0, 0.05) is 39.1 Å². The first-order valence-electron chi connectivity index (χ1n) is 9.02. The van der Waals surface area contributed by atoms with E-state index in [0.717, 1.165) is 43.4 Å². The molecular formula is C20H28N2O2. The van der Waals surface area contributed by atoms with Gasteiger partial charge in [0.2, 0.25) is 5.91 Å². The van der Waals surface area contributed by atoms with Gasteiger partial charge in [-0.2, -0.15) is 0 Å². The topological polar surface area (TPSA) is 32.8 Å². The molecule has 0 saturated carbocycles. The largest absolute Gasteiger partial charge is 0.497 e. The second kappa shape index (κ2) is 8.34. The molecule has 0 spiro atoms. The van der Waals surface area contributed by atoms with Crippen LogP contribution in [0.3, 0.4) is 0 Å². The Bertz CT molecular complexity index is 568. The standard InChI is InChI=1S/C20H28N2O2/c1-24-19-9-7-18(8-10-19)16-22-14-13-21(12-11-20(22)23)15-17-5-3-2-4-6-17/h2-3,7-10,17H,4-6,11-16H2,1H3/t17-/m1/s1. The SMILES string of the molecule is COc1ccc(CN2CCN(C[C@@H]3CC=CCC3)CCC2=O)cc1. The van der Waals surface area contributed by atoms with Crippen LogP contribution in [0.1, 0.15) is 31.2 Å². The van der Waals surface area contributed by atoms with Gasteiger partial charge in [-0.3, -0.25) is 4.79 Å². The molecule has 1 aliphatic carbocycles. The van der Waals surface area contributed by atoms with Crippen LogP contribution in [0.25, 0.3) is 0 Å². The summed E-state index contributed by atoms with van der Waals surface area (Å²) in [6, 6.07) is 8.01. The monoisotopic (exact) mass is 328 g/mol. The minimum Gasteiger partial charge on any atom is -0.497 e. The molecule has 1 aromatic carbocycles. The smallest absolute Gasteiger partial charge is 0.224 e. The second-order valence-corrected chi connectivity index (χ2v) is 6.86. The lowest BCUT2D eigenvalue weighted by Crippen LogP contribution is -2.34. The van der Waals surface area contributed by atoms with Gasteiger partial charge < -0.3 is 14.5 Å². The molecule has 4 heteroatoms. The van der Waals surface area contributed by atoms with Crippen LogP contribution in [-0.2, 0) is 11.3 Å². The molecule has 1 amide bonds. The molecule has 0 N–H and O–H groups in total. The van der Waals surface area contributed by atoms with Crippen LogP contribution in [0.4, 0.5) is 0 Å². The fraction of sp³-hybridized carbons (Fsp3) is 0.550. The van der Waals surface area contributed by atoms with Crippen molar-refractivity contribution < 1.29 is 9.53 Å². The van der Waals surface area contributed by atoms with Crippen molar-refractivity contribution in [3.05, 3.63) is 42.0 Å². The highest BCUT2D eigenvalue weighted by atomic mass is 16.5. The third kappa shape index (κ3) is 4.60. The number of benzene rings is 1. The Balaban J connectivity index is 1.53. The molecule has 2 aliphatic rings. The lowest BCUT2D eigenvalue weighted by molar-refractivity contribution is -0.130. The van der Waals surface area contributed by atoms with Crippen molar-refractivity contribution in [2.24, 2.45) is 5.92 Å². The molecule has 130 valence electrons. The minimum absolute atomic E-state index is 0.275. The number of carbonyl (C=O) groups excluding carboxylic acids is 1. The molecule has 0 radical (unpaired) electrons. The van der Waals surface area contributed by atoms with E-state index in [-0.39, 0.29) is 5.91 Å². The van der Waals surface area contributed by atoms with Crippen LogP contribution in [0, 0.1) is 5.92 Å². The number of ether oxygens (including phenoxy) is 1. The molecule has 1 saturated heterocycles. The van der Waals surface area contributed by atoms with Gasteiger partial charge in [0.1, 0.15) is 5.75 Å². The van der Waals surface area contributed by atoms with E-state index in [1.54, 1.807) is 7.11 Å². The summed E-state index contributed by atoms with van der Waals surface area (Å²) in [5, 5.41) is 0. The van der Waals surface area contributed by atoms with Crippen molar-refractivity contribution >= 4 is 5.91 Å². The number of nitrogens with zero attached hydrogens (tertiary/aromatic N) is 2. The van der Waals surface area contributed by atoms with E-state index in [4.69, 9.17) is 4.74 Å². The number of rotatable bonds is 5. The van der Waals surface area contributed by atoms with Crippen molar-refractivity contribution in [2.45, 2.75) is 32.2 Å². The Morgan fingerprint density at radius 1 is 1.12 bits per heavy atom. The van der Waals surface area contributed by atoms with E-state index in [1.165, 1.54) is 19.3 Å². The zero-order valence-electron chi connectivity index (χ0n) is 14.6. The Hall–Kier alpha value is -1.81. The number of hydrogen-bond donors (Lipinski definition) is 0. The molecular weight excluding hydrogens is 300 g/mol. The van der Waals surface area contributed by atoms with E-state index in [9.17, 15) is 4.79 Å². The highest BCUT2D eigenvalue weighted by molar-refractivity contribution is 5.76. The third-order valence-corrected chi connectivity index (χ3v) is 5.11. The molecule has 1 fully saturated rings. The summed E-state index contributed by atoms with van der Waals surface area (Å²) < 4.78 is 5.19. The van der Waals surface area contributed by atoms with Gasteiger partial charge in [-0.25, -0.2) is 0 Å². The molecule has 0 bridgehead atoms. The van der Waals surface area contributed by atoms with Gasteiger partial charge in [0.25, 0.3) is 0 Å². The zero-order chi connectivity index (χ0) is 16.8. The predicted molar refractivity (Wildman–Crippen MR) is 95.9 cm³/mol. The Morgan fingerprint density at radius 2 is 1.96 bits per heavy atom. The summed E-state index contributed by atoms with van der Waals surface area (Å²) in [7, 11) is 1.67. The van der Waals surface area contributed by atoms with Gasteiger partial charge in [0.05, 0.1) is 7.11 Å². The normalized spacial score (nSPS) is 22.5. The van der Waals surface area contributed by atoms with Crippen molar-refractivity contribution in [3.8, 4) is 5.75 Å². The quantitative estimate of drug-likeness (QED) is 0.779.